The number of likely N-dealkylation sites (N-methyl/N-ethyl adjacent to an activating group) is 1. The standard InChI is InChI=1S/C20H26N2O2S/c1-22(2)15-20(17-9-4-3-5-10-17)21-25(23,24)19-13-12-16-8-6-7-11-18(16)14-19/h3-5,9-10,12-14,20-21H,6-8,11,15H2,1-2H3. The number of hydrogen-bond acceptors (Lipinski definition) is 3. The molecule has 1 aliphatic rings. The van der Waals surface area contributed by atoms with Crippen molar-refractivity contribution in [3.8, 4) is 0 Å². The summed E-state index contributed by atoms with van der Waals surface area (Å²) in [7, 11) is 0.332. The lowest BCUT2D eigenvalue weighted by atomic mass is 9.92. The van der Waals surface area contributed by atoms with Crippen LogP contribution in [0.4, 0.5) is 0 Å². The van der Waals surface area contributed by atoms with E-state index in [0.29, 0.717) is 11.4 Å². The Morgan fingerprint density at radius 1 is 1.00 bits per heavy atom. The molecule has 25 heavy (non-hydrogen) atoms. The van der Waals surface area contributed by atoms with E-state index in [4.69, 9.17) is 0 Å². The van der Waals surface area contributed by atoms with E-state index >= 15 is 0 Å². The van der Waals surface area contributed by atoms with Crippen molar-refractivity contribution in [2.75, 3.05) is 20.6 Å². The Kier molecular flexibility index (Phi) is 5.57. The van der Waals surface area contributed by atoms with Crippen molar-refractivity contribution < 1.29 is 8.42 Å². The summed E-state index contributed by atoms with van der Waals surface area (Å²) in [5, 5.41) is 0. The molecule has 0 spiro atoms. The van der Waals surface area contributed by atoms with Gasteiger partial charge in [-0.25, -0.2) is 13.1 Å². The van der Waals surface area contributed by atoms with Crippen molar-refractivity contribution in [3.05, 3.63) is 65.2 Å². The summed E-state index contributed by atoms with van der Waals surface area (Å²) < 4.78 is 28.8. The first-order chi connectivity index (χ1) is 12.0. The van der Waals surface area contributed by atoms with Crippen LogP contribution in [0.15, 0.2) is 53.4 Å². The van der Waals surface area contributed by atoms with E-state index < -0.39 is 10.0 Å². The minimum Gasteiger partial charge on any atom is -0.307 e. The molecule has 1 unspecified atom stereocenters. The SMILES string of the molecule is CN(C)CC(NS(=O)(=O)c1ccc2c(c1)CCCC2)c1ccccc1. The first kappa shape index (κ1) is 18.1. The van der Waals surface area contributed by atoms with Crippen LogP contribution in [0.2, 0.25) is 0 Å². The minimum atomic E-state index is -3.56. The minimum absolute atomic E-state index is 0.280. The van der Waals surface area contributed by atoms with Crippen molar-refractivity contribution in [2.24, 2.45) is 0 Å². The van der Waals surface area contributed by atoms with Gasteiger partial charge in [-0.3, -0.25) is 0 Å². The molecule has 3 rings (SSSR count). The van der Waals surface area contributed by atoms with Crippen LogP contribution in [0, 0.1) is 0 Å². The largest absolute Gasteiger partial charge is 0.307 e. The summed E-state index contributed by atoms with van der Waals surface area (Å²) in [5.41, 5.74) is 3.44. The van der Waals surface area contributed by atoms with Crippen LogP contribution in [0.1, 0.15) is 35.6 Å². The third-order valence-electron chi connectivity index (χ3n) is 4.68. The number of fused-ring (bicyclic) bond motifs is 1. The van der Waals surface area contributed by atoms with Gasteiger partial charge in [-0.15, -0.1) is 0 Å². The van der Waals surface area contributed by atoms with Crippen LogP contribution in [0.3, 0.4) is 0 Å². The normalized spacial score (nSPS) is 15.8. The van der Waals surface area contributed by atoms with Gasteiger partial charge in [-0.1, -0.05) is 36.4 Å². The third-order valence-corrected chi connectivity index (χ3v) is 6.15. The summed E-state index contributed by atoms with van der Waals surface area (Å²) in [5.74, 6) is 0. The van der Waals surface area contributed by atoms with E-state index in [2.05, 4.69) is 4.72 Å². The smallest absolute Gasteiger partial charge is 0.241 e. The summed E-state index contributed by atoms with van der Waals surface area (Å²) in [6, 6.07) is 15.0. The molecule has 0 saturated heterocycles. The molecular formula is C20H26N2O2S. The van der Waals surface area contributed by atoms with Crippen LogP contribution < -0.4 is 4.72 Å². The molecule has 2 aromatic carbocycles. The predicted molar refractivity (Wildman–Crippen MR) is 101 cm³/mol. The molecule has 134 valence electrons. The highest BCUT2D eigenvalue weighted by Crippen LogP contribution is 2.25. The van der Waals surface area contributed by atoms with Gasteiger partial charge in [-0.05, 0) is 68.6 Å². The zero-order valence-corrected chi connectivity index (χ0v) is 15.7. The Morgan fingerprint density at radius 2 is 1.68 bits per heavy atom. The molecule has 0 saturated carbocycles. The highest BCUT2D eigenvalue weighted by Gasteiger charge is 2.23. The van der Waals surface area contributed by atoms with Crippen LogP contribution in [0.5, 0.6) is 0 Å². The van der Waals surface area contributed by atoms with Gasteiger partial charge in [0, 0.05) is 6.54 Å². The first-order valence-electron chi connectivity index (χ1n) is 8.79. The van der Waals surface area contributed by atoms with Crippen LogP contribution in [-0.4, -0.2) is 34.0 Å². The van der Waals surface area contributed by atoms with E-state index in [0.717, 1.165) is 24.8 Å². The van der Waals surface area contributed by atoms with Crippen molar-refractivity contribution >= 4 is 10.0 Å². The van der Waals surface area contributed by atoms with Crippen LogP contribution in [0.25, 0.3) is 0 Å². The fraction of sp³-hybridized carbons (Fsp3) is 0.400. The van der Waals surface area contributed by atoms with E-state index in [-0.39, 0.29) is 6.04 Å². The van der Waals surface area contributed by atoms with Gasteiger partial charge in [-0.2, -0.15) is 0 Å². The fourth-order valence-electron chi connectivity index (χ4n) is 3.39. The second-order valence-electron chi connectivity index (χ2n) is 6.98. The maximum absolute atomic E-state index is 13.0. The Labute approximate surface area is 150 Å². The fourth-order valence-corrected chi connectivity index (χ4v) is 4.66. The number of nitrogens with one attached hydrogen (secondary N) is 1. The van der Waals surface area contributed by atoms with Gasteiger partial charge in [0.1, 0.15) is 0 Å². The summed E-state index contributed by atoms with van der Waals surface area (Å²) in [4.78, 5) is 2.36. The van der Waals surface area contributed by atoms with Gasteiger partial charge in [0.25, 0.3) is 0 Å². The second-order valence-corrected chi connectivity index (χ2v) is 8.70. The zero-order valence-electron chi connectivity index (χ0n) is 14.9. The molecule has 0 amide bonds. The lowest BCUT2D eigenvalue weighted by molar-refractivity contribution is 0.363. The summed E-state index contributed by atoms with van der Waals surface area (Å²) in [6.07, 6.45) is 4.35. The van der Waals surface area contributed by atoms with Gasteiger partial charge in [0.15, 0.2) is 0 Å². The number of nitrogens with zero attached hydrogens (tertiary/aromatic N) is 1. The second kappa shape index (κ2) is 7.68. The molecule has 1 atom stereocenters. The maximum atomic E-state index is 13.0. The third kappa shape index (κ3) is 4.48. The van der Waals surface area contributed by atoms with Gasteiger partial charge >= 0.3 is 0 Å². The molecule has 4 nitrogen and oxygen atoms in total. The van der Waals surface area contributed by atoms with E-state index in [1.54, 1.807) is 6.07 Å². The quantitative estimate of drug-likeness (QED) is 0.863. The molecule has 0 aromatic heterocycles. The van der Waals surface area contributed by atoms with Crippen LogP contribution in [-0.2, 0) is 22.9 Å². The van der Waals surface area contributed by atoms with Gasteiger partial charge in [0.2, 0.25) is 10.0 Å². The predicted octanol–water partition coefficient (Wildman–Crippen LogP) is 3.15. The molecule has 5 heteroatoms. The number of rotatable bonds is 6. The molecule has 1 aliphatic carbocycles. The first-order valence-corrected chi connectivity index (χ1v) is 10.3. The van der Waals surface area contributed by atoms with Crippen molar-refractivity contribution in [3.63, 3.8) is 0 Å². The molecule has 0 bridgehead atoms. The molecule has 0 fully saturated rings. The Balaban J connectivity index is 1.87. The van der Waals surface area contributed by atoms with Crippen molar-refractivity contribution in [2.45, 2.75) is 36.6 Å². The van der Waals surface area contributed by atoms with E-state index in [1.165, 1.54) is 17.5 Å². The summed E-state index contributed by atoms with van der Waals surface area (Å²) in [6.45, 7) is 0.605. The molecule has 0 heterocycles. The number of aryl methyl sites for hydroxylation is 2. The zero-order chi connectivity index (χ0) is 17.9. The number of hydrogen-bond donors (Lipinski definition) is 1. The van der Waals surface area contributed by atoms with E-state index in [1.807, 2.05) is 61.5 Å². The van der Waals surface area contributed by atoms with Crippen LogP contribution >= 0.6 is 0 Å². The number of benzene rings is 2. The van der Waals surface area contributed by atoms with Crippen molar-refractivity contribution in [1.82, 2.24) is 9.62 Å². The Bertz CT molecular complexity index is 817. The Morgan fingerprint density at radius 3 is 2.36 bits per heavy atom. The highest BCUT2D eigenvalue weighted by molar-refractivity contribution is 7.89. The monoisotopic (exact) mass is 358 g/mol. The lowest BCUT2D eigenvalue weighted by Gasteiger charge is -2.23. The molecule has 0 radical (unpaired) electrons. The van der Waals surface area contributed by atoms with E-state index in [9.17, 15) is 8.42 Å². The molecule has 2 aromatic rings. The maximum Gasteiger partial charge on any atom is 0.241 e. The molecule has 1 N–H and O–H groups in total. The molecule has 0 aliphatic heterocycles. The number of sulfonamides is 1. The van der Waals surface area contributed by atoms with Crippen molar-refractivity contribution in [1.29, 1.82) is 0 Å². The van der Waals surface area contributed by atoms with Gasteiger partial charge < -0.3 is 4.90 Å². The average molecular weight is 359 g/mol. The van der Waals surface area contributed by atoms with Gasteiger partial charge in [0.05, 0.1) is 10.9 Å². The highest BCUT2D eigenvalue weighted by atomic mass is 32.2. The lowest BCUT2D eigenvalue weighted by Crippen LogP contribution is -2.35. The Hall–Kier alpha value is -1.69. The summed E-state index contributed by atoms with van der Waals surface area (Å²) >= 11 is 0. The molecular weight excluding hydrogens is 332 g/mol. The average Bonchev–Trinajstić information content (AvgIpc) is 2.61. The topological polar surface area (TPSA) is 49.4 Å².